The quantitative estimate of drug-likeness (QED) is 0.878. The summed E-state index contributed by atoms with van der Waals surface area (Å²) >= 11 is 0. The molecule has 2 rings (SSSR count). The average molecular weight is 259 g/mol. The summed E-state index contributed by atoms with van der Waals surface area (Å²) in [5.74, 6) is -0.159. The van der Waals surface area contributed by atoms with Crippen LogP contribution in [0.5, 0.6) is 0 Å². The zero-order chi connectivity index (χ0) is 13.8. The minimum Gasteiger partial charge on any atom is -0.442 e. The van der Waals surface area contributed by atoms with Crippen molar-refractivity contribution in [2.24, 2.45) is 0 Å². The summed E-state index contributed by atoms with van der Waals surface area (Å²) in [5, 5.41) is 11.3. The number of nitriles is 1. The molecule has 6 heteroatoms. The van der Waals surface area contributed by atoms with E-state index in [0.717, 1.165) is 0 Å². The van der Waals surface area contributed by atoms with E-state index in [2.05, 4.69) is 5.32 Å². The van der Waals surface area contributed by atoms with Gasteiger partial charge in [0.15, 0.2) is 0 Å². The van der Waals surface area contributed by atoms with E-state index in [1.54, 1.807) is 24.3 Å². The predicted octanol–water partition coefficient (Wildman–Crippen LogP) is 1.02. The van der Waals surface area contributed by atoms with Crippen molar-refractivity contribution in [3.05, 3.63) is 29.8 Å². The van der Waals surface area contributed by atoms with Crippen LogP contribution in [0.3, 0.4) is 0 Å². The summed E-state index contributed by atoms with van der Waals surface area (Å²) < 4.78 is 5.14. The second-order valence-electron chi connectivity index (χ2n) is 4.21. The number of rotatable bonds is 3. The van der Waals surface area contributed by atoms with Gasteiger partial charge in [0, 0.05) is 12.6 Å². The van der Waals surface area contributed by atoms with E-state index in [0.29, 0.717) is 24.3 Å². The lowest BCUT2D eigenvalue weighted by molar-refractivity contribution is -0.119. The van der Waals surface area contributed by atoms with E-state index in [1.165, 1.54) is 11.8 Å². The van der Waals surface area contributed by atoms with Gasteiger partial charge in [0.1, 0.15) is 6.10 Å². The van der Waals surface area contributed by atoms with Gasteiger partial charge in [-0.1, -0.05) is 0 Å². The summed E-state index contributed by atoms with van der Waals surface area (Å²) in [4.78, 5) is 24.0. The third kappa shape index (κ3) is 3.01. The Bertz CT molecular complexity index is 533. The van der Waals surface area contributed by atoms with E-state index < -0.39 is 6.09 Å². The van der Waals surface area contributed by atoms with Gasteiger partial charge in [-0.25, -0.2) is 4.79 Å². The molecule has 19 heavy (non-hydrogen) atoms. The SMILES string of the molecule is CC(=O)NCC1CN(c2ccc(C#N)cc2)C(=O)O1. The van der Waals surface area contributed by atoms with Gasteiger partial charge >= 0.3 is 6.09 Å². The van der Waals surface area contributed by atoms with E-state index in [4.69, 9.17) is 10.00 Å². The molecule has 6 nitrogen and oxygen atoms in total. The molecule has 0 saturated carbocycles. The second kappa shape index (κ2) is 5.40. The normalized spacial score (nSPS) is 17.8. The van der Waals surface area contributed by atoms with Gasteiger partial charge < -0.3 is 10.1 Å². The summed E-state index contributed by atoms with van der Waals surface area (Å²) in [6.07, 6.45) is -0.799. The Morgan fingerprint density at radius 2 is 2.21 bits per heavy atom. The van der Waals surface area contributed by atoms with E-state index in [-0.39, 0.29) is 12.0 Å². The summed E-state index contributed by atoms with van der Waals surface area (Å²) in [5.41, 5.74) is 1.21. The maximum Gasteiger partial charge on any atom is 0.414 e. The Morgan fingerprint density at radius 3 is 2.79 bits per heavy atom. The first-order chi connectivity index (χ1) is 9.10. The van der Waals surface area contributed by atoms with Crippen molar-refractivity contribution >= 4 is 17.7 Å². The van der Waals surface area contributed by atoms with Crippen LogP contribution >= 0.6 is 0 Å². The highest BCUT2D eigenvalue weighted by Crippen LogP contribution is 2.21. The molecule has 1 aromatic carbocycles. The van der Waals surface area contributed by atoms with Crippen LogP contribution in [-0.2, 0) is 9.53 Å². The molecule has 1 fully saturated rings. The number of amides is 2. The van der Waals surface area contributed by atoms with Gasteiger partial charge in [0.2, 0.25) is 5.91 Å². The standard InChI is InChI=1S/C13H13N3O3/c1-9(17)15-7-12-8-16(13(18)19-12)11-4-2-10(6-14)3-5-11/h2-5,12H,7-8H2,1H3,(H,15,17). The lowest BCUT2D eigenvalue weighted by atomic mass is 10.2. The second-order valence-corrected chi connectivity index (χ2v) is 4.21. The zero-order valence-electron chi connectivity index (χ0n) is 10.4. The van der Waals surface area contributed by atoms with Crippen LogP contribution in [0, 0.1) is 11.3 Å². The number of hydrogen-bond donors (Lipinski definition) is 1. The van der Waals surface area contributed by atoms with Gasteiger partial charge in [-0.05, 0) is 24.3 Å². The molecule has 0 radical (unpaired) electrons. The van der Waals surface area contributed by atoms with Gasteiger partial charge in [-0.2, -0.15) is 5.26 Å². The fourth-order valence-corrected chi connectivity index (χ4v) is 1.81. The molecule has 1 aliphatic rings. The highest BCUT2D eigenvalue weighted by atomic mass is 16.6. The maximum atomic E-state index is 11.7. The largest absolute Gasteiger partial charge is 0.442 e. The van der Waals surface area contributed by atoms with Crippen LogP contribution in [0.1, 0.15) is 12.5 Å². The summed E-state index contributed by atoms with van der Waals surface area (Å²) in [7, 11) is 0. The van der Waals surface area contributed by atoms with Crippen LogP contribution in [0.2, 0.25) is 0 Å². The third-order valence-electron chi connectivity index (χ3n) is 2.76. The topological polar surface area (TPSA) is 82.4 Å². The number of hydrogen-bond acceptors (Lipinski definition) is 4. The Hall–Kier alpha value is -2.55. The number of nitrogens with one attached hydrogen (secondary N) is 1. The highest BCUT2D eigenvalue weighted by molar-refractivity contribution is 5.89. The number of nitrogens with zero attached hydrogens (tertiary/aromatic N) is 2. The molecule has 0 spiro atoms. The highest BCUT2D eigenvalue weighted by Gasteiger charge is 2.32. The van der Waals surface area contributed by atoms with Crippen LogP contribution in [0.15, 0.2) is 24.3 Å². The summed E-state index contributed by atoms with van der Waals surface area (Å²) in [6, 6.07) is 8.69. The molecular weight excluding hydrogens is 246 g/mol. The molecule has 1 atom stereocenters. The lowest BCUT2D eigenvalue weighted by Crippen LogP contribution is -2.33. The van der Waals surface area contributed by atoms with E-state index in [9.17, 15) is 9.59 Å². The Labute approximate surface area is 110 Å². The van der Waals surface area contributed by atoms with Crippen molar-refractivity contribution in [2.45, 2.75) is 13.0 Å². The van der Waals surface area contributed by atoms with Crippen LogP contribution in [-0.4, -0.2) is 31.2 Å². The first-order valence-electron chi connectivity index (χ1n) is 5.83. The number of carbonyl (C=O) groups is 2. The molecule has 1 heterocycles. The Kier molecular flexibility index (Phi) is 3.66. The van der Waals surface area contributed by atoms with Crippen molar-refractivity contribution in [2.75, 3.05) is 18.0 Å². The molecule has 2 amide bonds. The fourth-order valence-electron chi connectivity index (χ4n) is 1.81. The van der Waals surface area contributed by atoms with Crippen molar-refractivity contribution in [1.29, 1.82) is 5.26 Å². The third-order valence-corrected chi connectivity index (χ3v) is 2.76. The van der Waals surface area contributed by atoms with Crippen LogP contribution in [0.25, 0.3) is 0 Å². The van der Waals surface area contributed by atoms with Crippen molar-refractivity contribution in [1.82, 2.24) is 5.32 Å². The molecule has 1 unspecified atom stereocenters. The molecule has 0 aliphatic carbocycles. The number of carbonyl (C=O) groups excluding carboxylic acids is 2. The molecule has 1 saturated heterocycles. The molecule has 1 N–H and O–H groups in total. The molecule has 1 aromatic rings. The van der Waals surface area contributed by atoms with Gasteiger partial charge in [-0.15, -0.1) is 0 Å². The van der Waals surface area contributed by atoms with E-state index in [1.807, 2.05) is 6.07 Å². The zero-order valence-corrected chi connectivity index (χ0v) is 10.4. The fraction of sp³-hybridized carbons (Fsp3) is 0.308. The number of cyclic esters (lactones) is 1. The van der Waals surface area contributed by atoms with Crippen molar-refractivity contribution in [3.8, 4) is 6.07 Å². The summed E-state index contributed by atoms with van der Waals surface area (Å²) in [6.45, 7) is 2.09. The smallest absolute Gasteiger partial charge is 0.414 e. The van der Waals surface area contributed by atoms with Crippen LogP contribution in [0.4, 0.5) is 10.5 Å². The predicted molar refractivity (Wildman–Crippen MR) is 67.5 cm³/mol. The van der Waals surface area contributed by atoms with Gasteiger partial charge in [0.05, 0.1) is 24.7 Å². The minimum atomic E-state index is -0.444. The monoisotopic (exact) mass is 259 g/mol. The number of anilines is 1. The number of benzene rings is 1. The maximum absolute atomic E-state index is 11.7. The first kappa shape index (κ1) is 12.9. The molecular formula is C13H13N3O3. The van der Waals surface area contributed by atoms with Gasteiger partial charge in [0.25, 0.3) is 0 Å². The lowest BCUT2D eigenvalue weighted by Gasteiger charge is -2.12. The van der Waals surface area contributed by atoms with Crippen molar-refractivity contribution < 1.29 is 14.3 Å². The van der Waals surface area contributed by atoms with Gasteiger partial charge in [-0.3, -0.25) is 9.69 Å². The van der Waals surface area contributed by atoms with E-state index >= 15 is 0 Å². The Balaban J connectivity index is 2.03. The van der Waals surface area contributed by atoms with Crippen LogP contribution < -0.4 is 10.2 Å². The minimum absolute atomic E-state index is 0.159. The average Bonchev–Trinajstić information content (AvgIpc) is 2.78. The molecule has 0 aromatic heterocycles. The number of ether oxygens (including phenoxy) is 1. The Morgan fingerprint density at radius 1 is 1.53 bits per heavy atom. The molecule has 98 valence electrons. The molecule has 0 bridgehead atoms. The van der Waals surface area contributed by atoms with Crippen molar-refractivity contribution in [3.63, 3.8) is 0 Å². The first-order valence-corrected chi connectivity index (χ1v) is 5.83. The molecule has 1 aliphatic heterocycles.